The Hall–Kier alpha value is -2.15. The Morgan fingerprint density at radius 2 is 2.35 bits per heavy atom. The van der Waals surface area contributed by atoms with Crippen molar-refractivity contribution >= 4 is 22.4 Å². The van der Waals surface area contributed by atoms with Crippen LogP contribution in [0.15, 0.2) is 18.2 Å². The number of fused-ring (bicyclic) bond motifs is 1. The van der Waals surface area contributed by atoms with Crippen molar-refractivity contribution in [2.24, 2.45) is 0 Å². The van der Waals surface area contributed by atoms with Crippen LogP contribution in [0.4, 0.5) is 11.5 Å². The van der Waals surface area contributed by atoms with E-state index in [1.807, 2.05) is 0 Å². The van der Waals surface area contributed by atoms with Gasteiger partial charge in [0.25, 0.3) is 5.69 Å². The number of rotatable bonds is 4. The number of anilines is 1. The molecule has 17 heavy (non-hydrogen) atoms. The number of nitro groups is 1. The van der Waals surface area contributed by atoms with Crippen molar-refractivity contribution in [2.75, 3.05) is 19.5 Å². The fraction of sp³-hybridized carbons (Fsp3) is 0.300. The highest BCUT2D eigenvalue weighted by atomic mass is 16.6. The number of hydrogen-bond acceptors (Lipinski definition) is 5. The van der Waals surface area contributed by atoms with Gasteiger partial charge in [-0.3, -0.25) is 14.8 Å². The van der Waals surface area contributed by atoms with Crippen molar-refractivity contribution in [1.29, 1.82) is 0 Å². The lowest BCUT2D eigenvalue weighted by Gasteiger charge is -2.01. The number of aromatic nitrogens is 2. The highest BCUT2D eigenvalue weighted by Crippen LogP contribution is 2.25. The number of nitrogens with zero attached hydrogens (tertiary/aromatic N) is 3. The average Bonchev–Trinajstić information content (AvgIpc) is 2.63. The number of non-ortho nitro benzene ring substituents is 1. The SMILES string of the molecule is COCCn1nc(N)c2cc([N+](=O)[O-])ccc21. The molecular formula is C10H12N4O3. The molecule has 1 heterocycles. The Labute approximate surface area is 96.9 Å². The third-order valence-corrected chi connectivity index (χ3v) is 2.48. The molecule has 90 valence electrons. The van der Waals surface area contributed by atoms with Crippen LogP contribution in [-0.4, -0.2) is 28.4 Å². The summed E-state index contributed by atoms with van der Waals surface area (Å²) in [4.78, 5) is 10.2. The molecule has 1 aromatic heterocycles. The van der Waals surface area contributed by atoms with Crippen LogP contribution >= 0.6 is 0 Å². The zero-order valence-electron chi connectivity index (χ0n) is 9.29. The molecule has 2 aromatic rings. The topological polar surface area (TPSA) is 96.2 Å². The zero-order valence-corrected chi connectivity index (χ0v) is 9.29. The minimum atomic E-state index is -0.453. The lowest BCUT2D eigenvalue weighted by atomic mass is 10.2. The summed E-state index contributed by atoms with van der Waals surface area (Å²) >= 11 is 0. The van der Waals surface area contributed by atoms with E-state index in [1.54, 1.807) is 17.9 Å². The maximum Gasteiger partial charge on any atom is 0.270 e. The van der Waals surface area contributed by atoms with E-state index in [4.69, 9.17) is 10.5 Å². The maximum atomic E-state index is 10.7. The van der Waals surface area contributed by atoms with Gasteiger partial charge in [-0.1, -0.05) is 0 Å². The lowest BCUT2D eigenvalue weighted by Crippen LogP contribution is -2.05. The molecule has 0 spiro atoms. The molecule has 0 radical (unpaired) electrons. The second-order valence-electron chi connectivity index (χ2n) is 3.56. The first kappa shape index (κ1) is 11.3. The van der Waals surface area contributed by atoms with Gasteiger partial charge in [-0.25, -0.2) is 0 Å². The monoisotopic (exact) mass is 236 g/mol. The molecule has 0 saturated heterocycles. The fourth-order valence-corrected chi connectivity index (χ4v) is 1.65. The zero-order chi connectivity index (χ0) is 12.4. The van der Waals surface area contributed by atoms with E-state index >= 15 is 0 Å². The number of nitrogen functional groups attached to an aromatic ring is 1. The average molecular weight is 236 g/mol. The van der Waals surface area contributed by atoms with Gasteiger partial charge in [0.15, 0.2) is 5.82 Å². The van der Waals surface area contributed by atoms with Gasteiger partial charge in [-0.15, -0.1) is 0 Å². The molecule has 1 aromatic carbocycles. The maximum absolute atomic E-state index is 10.7. The molecule has 0 aliphatic carbocycles. The second kappa shape index (κ2) is 4.38. The minimum Gasteiger partial charge on any atom is -0.383 e. The van der Waals surface area contributed by atoms with Gasteiger partial charge in [0.1, 0.15) is 0 Å². The van der Waals surface area contributed by atoms with Crippen LogP contribution in [0.1, 0.15) is 0 Å². The normalized spacial score (nSPS) is 10.9. The number of ether oxygens (including phenoxy) is 1. The number of nitrogens with two attached hydrogens (primary N) is 1. The predicted molar refractivity (Wildman–Crippen MR) is 62.7 cm³/mol. The van der Waals surface area contributed by atoms with Crippen molar-refractivity contribution < 1.29 is 9.66 Å². The van der Waals surface area contributed by atoms with Crippen LogP contribution in [0.25, 0.3) is 10.9 Å². The Morgan fingerprint density at radius 1 is 1.59 bits per heavy atom. The molecule has 0 aliphatic rings. The first-order valence-corrected chi connectivity index (χ1v) is 5.03. The highest BCUT2D eigenvalue weighted by molar-refractivity contribution is 5.90. The molecule has 0 unspecified atom stereocenters. The number of nitro benzene ring substituents is 1. The van der Waals surface area contributed by atoms with Gasteiger partial charge >= 0.3 is 0 Å². The molecular weight excluding hydrogens is 224 g/mol. The summed E-state index contributed by atoms with van der Waals surface area (Å²) in [5, 5.41) is 15.4. The lowest BCUT2D eigenvalue weighted by molar-refractivity contribution is -0.384. The molecule has 7 nitrogen and oxygen atoms in total. The molecule has 0 atom stereocenters. The van der Waals surface area contributed by atoms with Crippen LogP contribution in [-0.2, 0) is 11.3 Å². The quantitative estimate of drug-likeness (QED) is 0.635. The van der Waals surface area contributed by atoms with Crippen molar-refractivity contribution in [3.63, 3.8) is 0 Å². The molecule has 2 N–H and O–H groups in total. The summed E-state index contributed by atoms with van der Waals surface area (Å²) in [5.41, 5.74) is 6.50. The first-order chi connectivity index (χ1) is 8.13. The van der Waals surface area contributed by atoms with Crippen LogP contribution in [0.2, 0.25) is 0 Å². The highest BCUT2D eigenvalue weighted by Gasteiger charge is 2.12. The number of benzene rings is 1. The van der Waals surface area contributed by atoms with Gasteiger partial charge in [0.05, 0.1) is 29.0 Å². The van der Waals surface area contributed by atoms with E-state index in [0.717, 1.165) is 5.52 Å². The second-order valence-corrected chi connectivity index (χ2v) is 3.56. The van der Waals surface area contributed by atoms with E-state index in [2.05, 4.69) is 5.10 Å². The number of hydrogen-bond donors (Lipinski definition) is 1. The molecule has 0 bridgehead atoms. The molecule has 0 saturated carbocycles. The van der Waals surface area contributed by atoms with Gasteiger partial charge in [0, 0.05) is 19.2 Å². The fourth-order valence-electron chi connectivity index (χ4n) is 1.65. The van der Waals surface area contributed by atoms with Crippen molar-refractivity contribution in [3.8, 4) is 0 Å². The van der Waals surface area contributed by atoms with Gasteiger partial charge in [-0.2, -0.15) is 5.10 Å². The summed E-state index contributed by atoms with van der Waals surface area (Å²) in [6.45, 7) is 1.06. The first-order valence-electron chi connectivity index (χ1n) is 5.03. The van der Waals surface area contributed by atoms with Crippen LogP contribution in [0, 0.1) is 10.1 Å². The Kier molecular flexibility index (Phi) is 2.92. The molecule has 0 fully saturated rings. The van der Waals surface area contributed by atoms with E-state index in [0.29, 0.717) is 24.4 Å². The smallest absolute Gasteiger partial charge is 0.270 e. The van der Waals surface area contributed by atoms with Gasteiger partial charge < -0.3 is 10.5 Å². The molecule has 7 heteroatoms. The van der Waals surface area contributed by atoms with E-state index < -0.39 is 4.92 Å². The molecule has 2 rings (SSSR count). The largest absolute Gasteiger partial charge is 0.383 e. The Bertz CT molecular complexity index is 564. The van der Waals surface area contributed by atoms with Gasteiger partial charge in [0.2, 0.25) is 0 Å². The molecule has 0 amide bonds. The van der Waals surface area contributed by atoms with E-state index in [-0.39, 0.29) is 5.69 Å². The predicted octanol–water partition coefficient (Wildman–Crippen LogP) is 1.17. The summed E-state index contributed by atoms with van der Waals surface area (Å²) < 4.78 is 6.63. The Balaban J connectivity index is 2.49. The van der Waals surface area contributed by atoms with Crippen LogP contribution in [0.5, 0.6) is 0 Å². The van der Waals surface area contributed by atoms with Crippen molar-refractivity contribution in [3.05, 3.63) is 28.3 Å². The van der Waals surface area contributed by atoms with Crippen molar-refractivity contribution in [2.45, 2.75) is 6.54 Å². The van der Waals surface area contributed by atoms with Crippen LogP contribution < -0.4 is 5.73 Å². The summed E-state index contributed by atoms with van der Waals surface area (Å²) in [6.07, 6.45) is 0. The minimum absolute atomic E-state index is 0.00971. The summed E-state index contributed by atoms with van der Waals surface area (Å²) in [5.74, 6) is 0.291. The third-order valence-electron chi connectivity index (χ3n) is 2.48. The third kappa shape index (κ3) is 2.04. The summed E-state index contributed by atoms with van der Waals surface area (Å²) in [7, 11) is 1.60. The van der Waals surface area contributed by atoms with Gasteiger partial charge in [-0.05, 0) is 6.07 Å². The van der Waals surface area contributed by atoms with Crippen molar-refractivity contribution in [1.82, 2.24) is 9.78 Å². The van der Waals surface area contributed by atoms with E-state index in [1.165, 1.54) is 12.1 Å². The standard InChI is InChI=1S/C10H12N4O3/c1-17-5-4-13-9-3-2-7(14(15)16)6-8(9)10(11)12-13/h2-3,6H,4-5H2,1H3,(H2,11,12). The van der Waals surface area contributed by atoms with E-state index in [9.17, 15) is 10.1 Å². The summed E-state index contributed by atoms with van der Waals surface area (Å²) in [6, 6.07) is 4.51. The number of methoxy groups -OCH3 is 1. The van der Waals surface area contributed by atoms with Crippen LogP contribution in [0.3, 0.4) is 0 Å². The Morgan fingerprint density at radius 3 is 3.00 bits per heavy atom. The molecule has 0 aliphatic heterocycles.